The Hall–Kier alpha value is -0.840. The molecule has 4 nitrogen and oxygen atoms in total. The molecule has 0 aromatic carbocycles. The van der Waals surface area contributed by atoms with Gasteiger partial charge < -0.3 is 19.4 Å². The maximum Gasteiger partial charge on any atom is 0.120 e. The van der Waals surface area contributed by atoms with E-state index in [2.05, 4.69) is 24.2 Å². The van der Waals surface area contributed by atoms with E-state index in [0.29, 0.717) is 0 Å². The molecule has 1 saturated heterocycles. The number of ether oxygens (including phenoxy) is 1. The quantitative estimate of drug-likeness (QED) is 0.835. The molecule has 1 unspecified atom stereocenters. The van der Waals surface area contributed by atoms with E-state index in [1.54, 1.807) is 6.26 Å². The first kappa shape index (κ1) is 11.6. The highest BCUT2D eigenvalue weighted by Gasteiger charge is 2.18. The Labute approximate surface area is 96.6 Å². The van der Waals surface area contributed by atoms with Crippen LogP contribution in [0.4, 0.5) is 0 Å². The lowest BCUT2D eigenvalue weighted by Gasteiger charge is -2.30. The van der Waals surface area contributed by atoms with E-state index in [4.69, 9.17) is 9.15 Å². The van der Waals surface area contributed by atoms with E-state index >= 15 is 0 Å². The summed E-state index contributed by atoms with van der Waals surface area (Å²) in [5.74, 6) is 0.976. The topological polar surface area (TPSA) is 37.6 Å². The Morgan fingerprint density at radius 3 is 3.19 bits per heavy atom. The molecule has 1 aliphatic heterocycles. The van der Waals surface area contributed by atoms with Crippen LogP contribution >= 0.6 is 0 Å². The third kappa shape index (κ3) is 3.07. The van der Waals surface area contributed by atoms with Crippen LogP contribution in [0.15, 0.2) is 22.8 Å². The Balaban J connectivity index is 1.74. The van der Waals surface area contributed by atoms with Gasteiger partial charge >= 0.3 is 0 Å². The van der Waals surface area contributed by atoms with E-state index in [0.717, 1.165) is 32.0 Å². The largest absolute Gasteiger partial charge is 0.468 e. The monoisotopic (exact) mass is 224 g/mol. The Morgan fingerprint density at radius 1 is 1.62 bits per heavy atom. The molecule has 0 spiro atoms. The molecular weight excluding hydrogens is 204 g/mol. The zero-order chi connectivity index (χ0) is 11.4. The Morgan fingerprint density at radius 2 is 2.50 bits per heavy atom. The average molecular weight is 224 g/mol. The molecule has 90 valence electrons. The second-order valence-corrected chi connectivity index (χ2v) is 4.40. The number of nitrogens with one attached hydrogen (secondary N) is 1. The van der Waals surface area contributed by atoms with Gasteiger partial charge in [-0.3, -0.25) is 0 Å². The molecule has 1 N–H and O–H groups in total. The van der Waals surface area contributed by atoms with E-state index < -0.39 is 0 Å². The van der Waals surface area contributed by atoms with Crippen LogP contribution in [0.3, 0.4) is 0 Å². The maximum absolute atomic E-state index is 5.68. The minimum atomic E-state index is 0.242. The molecule has 16 heavy (non-hydrogen) atoms. The summed E-state index contributed by atoms with van der Waals surface area (Å²) >= 11 is 0. The molecular formula is C12H20N2O2. The van der Waals surface area contributed by atoms with E-state index in [1.807, 2.05) is 12.1 Å². The van der Waals surface area contributed by atoms with Crippen LogP contribution in [0.1, 0.15) is 18.7 Å². The summed E-state index contributed by atoms with van der Waals surface area (Å²) in [5.41, 5.74) is 0. The van der Waals surface area contributed by atoms with Crippen LogP contribution in [0, 0.1) is 0 Å². The predicted octanol–water partition coefficient (Wildman–Crippen LogP) is 1.26. The van der Waals surface area contributed by atoms with Gasteiger partial charge in [0.05, 0.1) is 25.0 Å². The van der Waals surface area contributed by atoms with Crippen molar-refractivity contribution in [3.8, 4) is 0 Å². The third-order valence-corrected chi connectivity index (χ3v) is 2.96. The molecule has 0 saturated carbocycles. The fraction of sp³-hybridized carbons (Fsp3) is 0.667. The van der Waals surface area contributed by atoms with Crippen molar-refractivity contribution in [1.82, 2.24) is 10.2 Å². The number of rotatable bonds is 4. The molecule has 0 aliphatic carbocycles. The summed E-state index contributed by atoms with van der Waals surface area (Å²) in [6.45, 7) is 5.83. The first-order chi connectivity index (χ1) is 7.75. The number of nitrogens with zero attached hydrogens (tertiary/aromatic N) is 1. The van der Waals surface area contributed by atoms with Gasteiger partial charge in [0.1, 0.15) is 5.76 Å². The molecule has 4 heteroatoms. The van der Waals surface area contributed by atoms with Gasteiger partial charge in [0.15, 0.2) is 0 Å². The first-order valence-corrected chi connectivity index (χ1v) is 5.82. The molecule has 1 fully saturated rings. The zero-order valence-electron chi connectivity index (χ0n) is 9.98. The van der Waals surface area contributed by atoms with Crippen LogP contribution in [0.5, 0.6) is 0 Å². The minimum absolute atomic E-state index is 0.242. The van der Waals surface area contributed by atoms with Crippen LogP contribution in [0.25, 0.3) is 0 Å². The fourth-order valence-electron chi connectivity index (χ4n) is 1.94. The molecule has 1 aliphatic rings. The Kier molecular flexibility index (Phi) is 3.98. The summed E-state index contributed by atoms with van der Waals surface area (Å²) in [5, 5.41) is 3.43. The van der Waals surface area contributed by atoms with Gasteiger partial charge in [0, 0.05) is 19.6 Å². The third-order valence-electron chi connectivity index (χ3n) is 2.96. The second kappa shape index (κ2) is 5.48. The van der Waals surface area contributed by atoms with Crippen LogP contribution < -0.4 is 5.32 Å². The molecule has 0 radical (unpaired) electrons. The highest BCUT2D eigenvalue weighted by atomic mass is 16.5. The van der Waals surface area contributed by atoms with Crippen molar-refractivity contribution in [2.75, 3.05) is 33.3 Å². The van der Waals surface area contributed by atoms with Crippen LogP contribution in [-0.4, -0.2) is 44.3 Å². The number of furan rings is 1. The molecule has 2 rings (SSSR count). The molecule has 2 heterocycles. The maximum atomic E-state index is 5.68. The Bertz CT molecular complexity index is 300. The summed E-state index contributed by atoms with van der Waals surface area (Å²) in [6, 6.07) is 4.15. The lowest BCUT2D eigenvalue weighted by atomic mass is 10.2. The molecule has 1 aromatic heterocycles. The van der Waals surface area contributed by atoms with Gasteiger partial charge in [0.25, 0.3) is 0 Å². The van der Waals surface area contributed by atoms with Crippen molar-refractivity contribution < 1.29 is 9.15 Å². The average Bonchev–Trinajstić information content (AvgIpc) is 2.79. The molecule has 0 bridgehead atoms. The van der Waals surface area contributed by atoms with Crippen molar-refractivity contribution in [2.45, 2.75) is 19.1 Å². The number of morpholine rings is 1. The van der Waals surface area contributed by atoms with Crippen molar-refractivity contribution in [2.24, 2.45) is 0 Å². The van der Waals surface area contributed by atoms with Crippen LogP contribution in [-0.2, 0) is 4.74 Å². The number of likely N-dealkylation sites (N-methyl/N-ethyl adjacent to an activating group) is 1. The van der Waals surface area contributed by atoms with Gasteiger partial charge in [-0.1, -0.05) is 0 Å². The lowest BCUT2D eigenvalue weighted by Crippen LogP contribution is -2.45. The summed E-state index contributed by atoms with van der Waals surface area (Å²) in [7, 11) is 2.13. The smallest absolute Gasteiger partial charge is 0.120 e. The first-order valence-electron chi connectivity index (χ1n) is 5.82. The van der Waals surface area contributed by atoms with Crippen molar-refractivity contribution >= 4 is 0 Å². The summed E-state index contributed by atoms with van der Waals surface area (Å²) in [6.07, 6.45) is 1.99. The van der Waals surface area contributed by atoms with Gasteiger partial charge in [-0.15, -0.1) is 0 Å². The van der Waals surface area contributed by atoms with Gasteiger partial charge in [-0.25, -0.2) is 0 Å². The molecule has 0 amide bonds. The van der Waals surface area contributed by atoms with Gasteiger partial charge in [0.2, 0.25) is 0 Å². The normalized spacial score (nSPS) is 24.5. The predicted molar refractivity (Wildman–Crippen MR) is 62.4 cm³/mol. The van der Waals surface area contributed by atoms with Crippen molar-refractivity contribution in [3.05, 3.63) is 24.2 Å². The van der Waals surface area contributed by atoms with Crippen molar-refractivity contribution in [3.63, 3.8) is 0 Å². The molecule has 1 aromatic rings. The summed E-state index contributed by atoms with van der Waals surface area (Å²) < 4.78 is 11.0. The lowest BCUT2D eigenvalue weighted by molar-refractivity contribution is -0.0193. The number of hydrogen-bond donors (Lipinski definition) is 1. The highest BCUT2D eigenvalue weighted by molar-refractivity contribution is 5.02. The highest BCUT2D eigenvalue weighted by Crippen LogP contribution is 2.12. The van der Waals surface area contributed by atoms with Gasteiger partial charge in [-0.2, -0.15) is 0 Å². The number of hydrogen-bond acceptors (Lipinski definition) is 4. The van der Waals surface area contributed by atoms with Crippen molar-refractivity contribution in [1.29, 1.82) is 0 Å². The van der Waals surface area contributed by atoms with Gasteiger partial charge in [-0.05, 0) is 26.1 Å². The van der Waals surface area contributed by atoms with E-state index in [-0.39, 0.29) is 12.1 Å². The zero-order valence-corrected chi connectivity index (χ0v) is 9.98. The second-order valence-electron chi connectivity index (χ2n) is 4.40. The SMILES string of the molecule is C[C@H](NCC1CN(C)CCO1)c1ccco1. The summed E-state index contributed by atoms with van der Waals surface area (Å²) in [4.78, 5) is 2.30. The standard InChI is InChI=1S/C12H20N2O2/c1-10(12-4-3-6-16-12)13-8-11-9-14(2)5-7-15-11/h3-4,6,10-11,13H,5,7-9H2,1-2H3/t10-,11?/m0/s1. The van der Waals surface area contributed by atoms with E-state index in [1.165, 1.54) is 0 Å². The minimum Gasteiger partial charge on any atom is -0.468 e. The van der Waals surface area contributed by atoms with E-state index in [9.17, 15) is 0 Å². The van der Waals surface area contributed by atoms with Crippen LogP contribution in [0.2, 0.25) is 0 Å². The fourth-order valence-corrected chi connectivity index (χ4v) is 1.94. The molecule has 2 atom stereocenters.